The van der Waals surface area contributed by atoms with E-state index in [1.165, 1.54) is 18.3 Å². The molecule has 21 heavy (non-hydrogen) atoms. The number of hydrogen-bond donors (Lipinski definition) is 0. The van der Waals surface area contributed by atoms with Crippen molar-refractivity contribution in [3.8, 4) is 0 Å². The zero-order valence-corrected chi connectivity index (χ0v) is 13.7. The Labute approximate surface area is 127 Å². The van der Waals surface area contributed by atoms with Crippen LogP contribution < -0.4 is 0 Å². The molecule has 0 aliphatic rings. The summed E-state index contributed by atoms with van der Waals surface area (Å²) in [6, 6.07) is 0.142. The minimum atomic E-state index is -0.494. The fraction of sp³-hybridized carbons (Fsp3) is 0.500. The van der Waals surface area contributed by atoms with Gasteiger partial charge in [-0.3, -0.25) is 4.90 Å². The van der Waals surface area contributed by atoms with Crippen LogP contribution in [0.4, 0.5) is 0 Å². The van der Waals surface area contributed by atoms with Crippen molar-refractivity contribution in [3.05, 3.63) is 33.4 Å². The summed E-state index contributed by atoms with van der Waals surface area (Å²) in [4.78, 5) is 23.3. The Morgan fingerprint density at radius 2 is 2.19 bits per heavy atom. The highest BCUT2D eigenvalue weighted by Gasteiger charge is 2.20. The summed E-state index contributed by atoms with van der Waals surface area (Å²) in [7, 11) is 3.29. The van der Waals surface area contributed by atoms with E-state index in [9.17, 15) is 4.79 Å². The molecule has 0 fully saturated rings. The molecule has 0 unspecified atom stereocenters. The Bertz CT molecular complexity index is 635. The summed E-state index contributed by atoms with van der Waals surface area (Å²) in [5, 5.41) is 1.06. The molecule has 0 N–H and O–H groups in total. The van der Waals surface area contributed by atoms with Crippen LogP contribution in [0.1, 0.15) is 44.9 Å². The molecule has 0 radical (unpaired) electrons. The minimum absolute atomic E-state index is 0.142. The molecule has 1 atom stereocenters. The largest absolute Gasteiger partial charge is 0.464 e. The molecule has 114 valence electrons. The van der Waals surface area contributed by atoms with E-state index in [0.29, 0.717) is 12.4 Å². The van der Waals surface area contributed by atoms with Crippen LogP contribution in [0.25, 0.3) is 0 Å². The molecule has 0 aromatic carbocycles. The second kappa shape index (κ2) is 6.36. The molecular formula is C14H19N3O3S. The molecule has 2 heterocycles. The van der Waals surface area contributed by atoms with Crippen LogP contribution in [-0.2, 0) is 11.3 Å². The molecule has 7 heteroatoms. The summed E-state index contributed by atoms with van der Waals surface area (Å²) in [6.45, 7) is 6.66. The number of methoxy groups -OCH3 is 1. The lowest BCUT2D eigenvalue weighted by Gasteiger charge is -2.22. The Balaban J connectivity index is 2.07. The monoisotopic (exact) mass is 309 g/mol. The number of esters is 1. The highest BCUT2D eigenvalue weighted by molar-refractivity contribution is 7.11. The summed E-state index contributed by atoms with van der Waals surface area (Å²) in [5.74, 6) is -0.0129. The second-order valence-electron chi connectivity index (χ2n) is 4.88. The standard InChI is InChI=1S/C14H19N3O3S/c1-8(13-9(2)21-10(3)15-13)17(4)6-12-16-11(7-20-12)14(18)19-5/h7-8H,6H2,1-5H3/t8-/m0/s1. The van der Waals surface area contributed by atoms with E-state index in [-0.39, 0.29) is 11.7 Å². The lowest BCUT2D eigenvalue weighted by Crippen LogP contribution is -2.23. The molecule has 6 nitrogen and oxygen atoms in total. The highest BCUT2D eigenvalue weighted by atomic mass is 32.1. The van der Waals surface area contributed by atoms with Gasteiger partial charge in [-0.1, -0.05) is 0 Å². The second-order valence-corrected chi connectivity index (χ2v) is 6.29. The first-order valence-corrected chi connectivity index (χ1v) is 7.41. The number of thiazole rings is 1. The quantitative estimate of drug-likeness (QED) is 0.791. The number of carbonyl (C=O) groups excluding carboxylic acids is 1. The van der Waals surface area contributed by atoms with Gasteiger partial charge in [0.15, 0.2) is 5.69 Å². The van der Waals surface area contributed by atoms with E-state index in [2.05, 4.69) is 33.5 Å². The van der Waals surface area contributed by atoms with E-state index in [4.69, 9.17) is 4.42 Å². The van der Waals surface area contributed by atoms with E-state index >= 15 is 0 Å². The lowest BCUT2D eigenvalue weighted by molar-refractivity contribution is 0.0594. The van der Waals surface area contributed by atoms with Crippen LogP contribution in [0, 0.1) is 13.8 Å². The van der Waals surface area contributed by atoms with Gasteiger partial charge in [-0.2, -0.15) is 0 Å². The van der Waals surface area contributed by atoms with Gasteiger partial charge in [0.2, 0.25) is 5.89 Å². The van der Waals surface area contributed by atoms with Crippen LogP contribution in [0.2, 0.25) is 0 Å². The highest BCUT2D eigenvalue weighted by Crippen LogP contribution is 2.26. The molecule has 2 aromatic rings. The van der Waals surface area contributed by atoms with Crippen molar-refractivity contribution in [1.82, 2.24) is 14.9 Å². The van der Waals surface area contributed by atoms with Crippen molar-refractivity contribution in [2.24, 2.45) is 0 Å². The average molecular weight is 309 g/mol. The molecule has 0 spiro atoms. The van der Waals surface area contributed by atoms with Crippen molar-refractivity contribution >= 4 is 17.3 Å². The van der Waals surface area contributed by atoms with Gasteiger partial charge in [0, 0.05) is 4.88 Å². The Kier molecular flexibility index (Phi) is 4.74. The third-order valence-electron chi connectivity index (χ3n) is 3.33. The van der Waals surface area contributed by atoms with Gasteiger partial charge in [-0.25, -0.2) is 14.8 Å². The van der Waals surface area contributed by atoms with Crippen molar-refractivity contribution < 1.29 is 13.9 Å². The zero-order valence-electron chi connectivity index (χ0n) is 12.8. The first-order valence-electron chi connectivity index (χ1n) is 6.59. The average Bonchev–Trinajstić information content (AvgIpc) is 3.03. The van der Waals surface area contributed by atoms with Gasteiger partial charge in [-0.15, -0.1) is 11.3 Å². The minimum Gasteiger partial charge on any atom is -0.464 e. The molecule has 0 amide bonds. The van der Waals surface area contributed by atoms with Crippen LogP contribution in [0.15, 0.2) is 10.7 Å². The van der Waals surface area contributed by atoms with E-state index in [0.717, 1.165) is 10.7 Å². The van der Waals surface area contributed by atoms with Gasteiger partial charge in [-0.05, 0) is 27.8 Å². The van der Waals surface area contributed by atoms with Crippen LogP contribution in [0.5, 0.6) is 0 Å². The summed E-state index contributed by atoms with van der Waals surface area (Å²) in [6.07, 6.45) is 1.32. The number of oxazole rings is 1. The van der Waals surface area contributed by atoms with E-state index in [1.807, 2.05) is 14.0 Å². The van der Waals surface area contributed by atoms with Crippen molar-refractivity contribution in [2.45, 2.75) is 33.4 Å². The fourth-order valence-electron chi connectivity index (χ4n) is 2.07. The molecule has 2 aromatic heterocycles. The molecular weight excluding hydrogens is 290 g/mol. The van der Waals surface area contributed by atoms with Crippen molar-refractivity contribution in [2.75, 3.05) is 14.2 Å². The summed E-state index contributed by atoms with van der Waals surface area (Å²) < 4.78 is 9.91. The molecule has 0 aliphatic heterocycles. The number of rotatable bonds is 5. The van der Waals surface area contributed by atoms with Gasteiger partial charge in [0.05, 0.1) is 30.4 Å². The van der Waals surface area contributed by atoms with Gasteiger partial charge in [0.1, 0.15) is 6.26 Å². The van der Waals surface area contributed by atoms with Gasteiger partial charge < -0.3 is 9.15 Å². The lowest BCUT2D eigenvalue weighted by atomic mass is 10.2. The zero-order chi connectivity index (χ0) is 15.6. The topological polar surface area (TPSA) is 68.5 Å². The van der Waals surface area contributed by atoms with Crippen LogP contribution in [0.3, 0.4) is 0 Å². The van der Waals surface area contributed by atoms with Crippen molar-refractivity contribution in [3.63, 3.8) is 0 Å². The predicted molar refractivity (Wildman–Crippen MR) is 79.3 cm³/mol. The number of nitrogens with zero attached hydrogens (tertiary/aromatic N) is 3. The van der Waals surface area contributed by atoms with Gasteiger partial charge >= 0.3 is 5.97 Å². The molecule has 0 aliphatic carbocycles. The SMILES string of the molecule is COC(=O)c1coc(CN(C)[C@@H](C)c2nc(C)sc2C)n1. The molecule has 2 rings (SSSR count). The first-order chi connectivity index (χ1) is 9.92. The molecule has 0 saturated heterocycles. The molecule has 0 saturated carbocycles. The fourth-order valence-corrected chi connectivity index (χ4v) is 2.98. The first kappa shape index (κ1) is 15.7. The van der Waals surface area contributed by atoms with E-state index < -0.39 is 5.97 Å². The van der Waals surface area contributed by atoms with E-state index in [1.54, 1.807) is 11.3 Å². The number of ether oxygens (including phenoxy) is 1. The molecule has 0 bridgehead atoms. The Morgan fingerprint density at radius 3 is 2.76 bits per heavy atom. The smallest absolute Gasteiger partial charge is 0.360 e. The van der Waals surface area contributed by atoms with Crippen molar-refractivity contribution in [1.29, 1.82) is 0 Å². The summed E-state index contributed by atoms with van der Waals surface area (Å²) >= 11 is 1.69. The maximum absolute atomic E-state index is 11.3. The maximum atomic E-state index is 11.3. The Hall–Kier alpha value is -1.73. The maximum Gasteiger partial charge on any atom is 0.360 e. The normalized spacial score (nSPS) is 12.7. The van der Waals surface area contributed by atoms with Gasteiger partial charge in [0.25, 0.3) is 0 Å². The number of carbonyl (C=O) groups is 1. The summed E-state index contributed by atoms with van der Waals surface area (Å²) in [5.41, 5.74) is 1.26. The Morgan fingerprint density at radius 1 is 1.48 bits per heavy atom. The van der Waals surface area contributed by atoms with Crippen LogP contribution >= 0.6 is 11.3 Å². The number of hydrogen-bond acceptors (Lipinski definition) is 7. The predicted octanol–water partition coefficient (Wildman–Crippen LogP) is 2.73. The number of aryl methyl sites for hydroxylation is 2. The number of aromatic nitrogens is 2. The third-order valence-corrected chi connectivity index (χ3v) is 4.23. The third kappa shape index (κ3) is 3.48. The van der Waals surface area contributed by atoms with Crippen LogP contribution in [-0.4, -0.2) is 35.0 Å².